The third-order valence-electron chi connectivity index (χ3n) is 1.48. The Bertz CT molecular complexity index is 284. The summed E-state index contributed by atoms with van der Waals surface area (Å²) in [5, 5.41) is 17.0. The van der Waals surface area contributed by atoms with Crippen LogP contribution in [0.2, 0.25) is 0 Å². The number of nitrogens with zero attached hydrogens (tertiary/aromatic N) is 1. The van der Waals surface area contributed by atoms with Crippen LogP contribution in [0.25, 0.3) is 0 Å². The van der Waals surface area contributed by atoms with E-state index in [0.29, 0.717) is 0 Å². The van der Waals surface area contributed by atoms with Crippen LogP contribution in [-0.4, -0.2) is 34.9 Å². The average molecular weight is 206 g/mol. The molecule has 0 aliphatic carbocycles. The Morgan fingerprint density at radius 1 is 1.46 bits per heavy atom. The van der Waals surface area contributed by atoms with E-state index in [0.717, 1.165) is 0 Å². The number of hydrogen-bond acceptors (Lipinski definition) is 3. The van der Waals surface area contributed by atoms with Gasteiger partial charge in [0.15, 0.2) is 0 Å². The highest BCUT2D eigenvalue weighted by molar-refractivity contribution is 6.09. The first-order valence-corrected chi connectivity index (χ1v) is 3.29. The van der Waals surface area contributed by atoms with Crippen molar-refractivity contribution in [3.8, 4) is 0 Å². The first-order valence-electron chi connectivity index (χ1n) is 3.29. The molecule has 0 amide bonds. The second-order valence-corrected chi connectivity index (χ2v) is 2.37. The number of halogens is 1. The minimum Gasteiger partial charge on any atom is -0.481 e. The molecule has 13 heavy (non-hydrogen) atoms. The van der Waals surface area contributed by atoms with E-state index in [2.05, 4.69) is 4.99 Å². The number of carboxylic acid groups (broad SMARTS) is 2. The van der Waals surface area contributed by atoms with Crippen molar-refractivity contribution in [2.75, 3.05) is 6.54 Å². The van der Waals surface area contributed by atoms with Crippen molar-refractivity contribution in [1.82, 2.24) is 0 Å². The Labute approximate surface area is 80.2 Å². The number of dihydropyridines is 1. The molecule has 0 saturated heterocycles. The lowest BCUT2D eigenvalue weighted by atomic mass is 10.0. The quantitative estimate of drug-likeness (QED) is 0.675. The fourth-order valence-electron chi connectivity index (χ4n) is 0.853. The Morgan fingerprint density at radius 2 is 2.08 bits per heavy atom. The number of hydrogen-bond donors (Lipinski definition) is 2. The summed E-state index contributed by atoms with van der Waals surface area (Å²) < 4.78 is 0. The maximum atomic E-state index is 10.4. The molecule has 0 aromatic carbocycles. The summed E-state index contributed by atoms with van der Waals surface area (Å²) >= 11 is 0. The summed E-state index contributed by atoms with van der Waals surface area (Å²) in [6, 6.07) is 0. The molecule has 0 bridgehead atoms. The largest absolute Gasteiger partial charge is 0.481 e. The van der Waals surface area contributed by atoms with Crippen LogP contribution in [0.5, 0.6) is 0 Å². The highest BCUT2D eigenvalue weighted by atomic mass is 35.5. The van der Waals surface area contributed by atoms with E-state index in [-0.39, 0.29) is 24.5 Å². The van der Waals surface area contributed by atoms with Crippen molar-refractivity contribution < 1.29 is 19.8 Å². The summed E-state index contributed by atoms with van der Waals surface area (Å²) in [7, 11) is 0. The van der Waals surface area contributed by atoms with Gasteiger partial charge in [-0.3, -0.25) is 9.79 Å². The number of carbonyl (C=O) groups is 2. The Balaban J connectivity index is 0.00000144. The molecule has 0 spiro atoms. The fraction of sp³-hybridized carbons (Fsp3) is 0.286. The molecule has 72 valence electrons. The molecule has 0 radical (unpaired) electrons. The summed E-state index contributed by atoms with van der Waals surface area (Å²) in [6.07, 6.45) is 2.36. The number of aliphatic imine (C=N–C) groups is 1. The molecular weight excluding hydrogens is 198 g/mol. The van der Waals surface area contributed by atoms with E-state index in [1.807, 2.05) is 0 Å². The summed E-state index contributed by atoms with van der Waals surface area (Å²) in [4.78, 5) is 24.4. The summed E-state index contributed by atoms with van der Waals surface area (Å²) in [5.41, 5.74) is -0.0614. The van der Waals surface area contributed by atoms with Gasteiger partial charge in [-0.05, 0) is 0 Å². The molecule has 1 aliphatic rings. The van der Waals surface area contributed by atoms with Gasteiger partial charge in [0.05, 0.1) is 18.0 Å². The fourth-order valence-corrected chi connectivity index (χ4v) is 0.853. The molecule has 1 heterocycles. The van der Waals surface area contributed by atoms with Gasteiger partial charge in [0, 0.05) is 6.21 Å². The van der Waals surface area contributed by atoms with Crippen LogP contribution in [0.1, 0.15) is 0 Å². The lowest BCUT2D eigenvalue weighted by Crippen LogP contribution is -2.20. The maximum Gasteiger partial charge on any atom is 0.336 e. The zero-order valence-electron chi connectivity index (χ0n) is 6.51. The van der Waals surface area contributed by atoms with Gasteiger partial charge < -0.3 is 10.2 Å². The van der Waals surface area contributed by atoms with Crippen molar-refractivity contribution in [1.29, 1.82) is 0 Å². The van der Waals surface area contributed by atoms with Gasteiger partial charge >= 0.3 is 11.9 Å². The minimum absolute atomic E-state index is 0. The minimum atomic E-state index is -1.15. The second kappa shape index (κ2) is 4.61. The molecule has 6 heteroatoms. The third kappa shape index (κ3) is 2.87. The second-order valence-electron chi connectivity index (χ2n) is 2.37. The van der Waals surface area contributed by atoms with Crippen molar-refractivity contribution in [3.05, 3.63) is 11.6 Å². The van der Waals surface area contributed by atoms with E-state index < -0.39 is 17.9 Å². The number of carboxylic acids is 2. The zero-order valence-corrected chi connectivity index (χ0v) is 7.32. The predicted molar refractivity (Wildman–Crippen MR) is 47.5 cm³/mol. The summed E-state index contributed by atoms with van der Waals surface area (Å²) in [6.45, 7) is 0.117. The molecule has 0 saturated carbocycles. The highest BCUT2D eigenvalue weighted by Crippen LogP contribution is 2.09. The standard InChI is InChI=1S/C7H7NO4.ClH/c9-6(10)4-1-5(7(11)12)3-8-2-4;/h1-2,5H,3H2,(H,9,10)(H,11,12);1H. The normalized spacial score (nSPS) is 20.0. The lowest BCUT2D eigenvalue weighted by Gasteiger charge is -2.08. The van der Waals surface area contributed by atoms with E-state index in [1.165, 1.54) is 12.3 Å². The van der Waals surface area contributed by atoms with Gasteiger partial charge in [0.25, 0.3) is 0 Å². The van der Waals surface area contributed by atoms with E-state index in [4.69, 9.17) is 10.2 Å². The van der Waals surface area contributed by atoms with E-state index in [1.54, 1.807) is 0 Å². The van der Waals surface area contributed by atoms with Crippen molar-refractivity contribution >= 4 is 30.6 Å². The van der Waals surface area contributed by atoms with Crippen LogP contribution in [0.4, 0.5) is 0 Å². The molecule has 1 unspecified atom stereocenters. The van der Waals surface area contributed by atoms with Crippen molar-refractivity contribution in [3.63, 3.8) is 0 Å². The zero-order chi connectivity index (χ0) is 9.14. The van der Waals surface area contributed by atoms with Gasteiger partial charge in [-0.15, -0.1) is 12.4 Å². The third-order valence-corrected chi connectivity index (χ3v) is 1.48. The number of rotatable bonds is 2. The van der Waals surface area contributed by atoms with Crippen LogP contribution in [-0.2, 0) is 9.59 Å². The molecule has 0 aromatic heterocycles. The molecule has 0 fully saturated rings. The van der Waals surface area contributed by atoms with Crippen molar-refractivity contribution in [2.45, 2.75) is 0 Å². The highest BCUT2D eigenvalue weighted by Gasteiger charge is 2.19. The van der Waals surface area contributed by atoms with Crippen LogP contribution < -0.4 is 0 Å². The summed E-state index contributed by atoms with van der Waals surface area (Å²) in [5.74, 6) is -3.00. The van der Waals surface area contributed by atoms with Crippen LogP contribution in [0, 0.1) is 5.92 Å². The van der Waals surface area contributed by atoms with Gasteiger partial charge in [-0.1, -0.05) is 6.08 Å². The molecule has 0 aromatic rings. The van der Waals surface area contributed by atoms with Gasteiger partial charge in [0.2, 0.25) is 0 Å². The molecule has 1 aliphatic heterocycles. The first kappa shape index (κ1) is 11.6. The number of aliphatic carboxylic acids is 2. The van der Waals surface area contributed by atoms with Crippen LogP contribution in [0.15, 0.2) is 16.6 Å². The SMILES string of the molecule is Cl.O=C(O)C1=CC(C(=O)O)CN=C1. The smallest absolute Gasteiger partial charge is 0.336 e. The predicted octanol–water partition coefficient (Wildman–Crippen LogP) is 0.204. The first-order chi connectivity index (χ1) is 5.61. The maximum absolute atomic E-state index is 10.4. The molecule has 5 nitrogen and oxygen atoms in total. The Kier molecular flexibility index (Phi) is 4.13. The average Bonchev–Trinajstić information content (AvgIpc) is 2.04. The topological polar surface area (TPSA) is 87.0 Å². The van der Waals surface area contributed by atoms with Crippen molar-refractivity contribution in [2.24, 2.45) is 10.9 Å². The van der Waals surface area contributed by atoms with Gasteiger partial charge in [0.1, 0.15) is 0 Å². The van der Waals surface area contributed by atoms with Crippen LogP contribution >= 0.6 is 12.4 Å². The molecule has 2 N–H and O–H groups in total. The van der Waals surface area contributed by atoms with Gasteiger partial charge in [-0.2, -0.15) is 0 Å². The molecule has 1 rings (SSSR count). The van der Waals surface area contributed by atoms with E-state index in [9.17, 15) is 9.59 Å². The van der Waals surface area contributed by atoms with Crippen LogP contribution in [0.3, 0.4) is 0 Å². The molecule has 1 atom stereocenters. The molecular formula is C7H8ClNO4. The Hall–Kier alpha value is -1.36. The Morgan fingerprint density at radius 3 is 2.54 bits per heavy atom. The van der Waals surface area contributed by atoms with Gasteiger partial charge in [-0.25, -0.2) is 4.79 Å². The lowest BCUT2D eigenvalue weighted by molar-refractivity contribution is -0.139. The van der Waals surface area contributed by atoms with E-state index >= 15 is 0 Å². The monoisotopic (exact) mass is 205 g/mol.